The molecule has 0 radical (unpaired) electrons. The highest BCUT2D eigenvalue weighted by atomic mass is 32.1. The van der Waals surface area contributed by atoms with Gasteiger partial charge in [-0.25, -0.2) is 0 Å². The lowest BCUT2D eigenvalue weighted by Crippen LogP contribution is -2.11. The third-order valence-corrected chi connectivity index (χ3v) is 4.46. The summed E-state index contributed by atoms with van der Waals surface area (Å²) in [6, 6.07) is 0. The Bertz CT molecular complexity index is 587. The number of nitrogen functional groups attached to an aromatic ring is 1. The van der Waals surface area contributed by atoms with Crippen molar-refractivity contribution in [2.24, 2.45) is 0 Å². The predicted octanol–water partition coefficient (Wildman–Crippen LogP) is 2.32. The molecule has 3 rings (SSSR count). The highest BCUT2D eigenvalue weighted by Gasteiger charge is 2.24. The second kappa shape index (κ2) is 4.94. The van der Waals surface area contributed by atoms with Crippen LogP contribution < -0.4 is 5.73 Å². The fourth-order valence-corrected chi connectivity index (χ4v) is 3.68. The van der Waals surface area contributed by atoms with Crippen LogP contribution in [0.4, 0.5) is 5.00 Å². The van der Waals surface area contributed by atoms with Crippen LogP contribution in [0.15, 0.2) is 4.52 Å². The molecular weight excluding hydrogens is 260 g/mol. The van der Waals surface area contributed by atoms with Gasteiger partial charge in [0.15, 0.2) is 5.82 Å². The van der Waals surface area contributed by atoms with E-state index in [1.165, 1.54) is 23.3 Å². The van der Waals surface area contributed by atoms with Gasteiger partial charge in [-0.3, -0.25) is 0 Å². The van der Waals surface area contributed by atoms with Gasteiger partial charge in [-0.1, -0.05) is 5.16 Å². The number of nitrogens with two attached hydrogens (primary N) is 1. The standard InChI is InChI=1S/C13H18N4OS/c1-17(2)7-10-15-13(18-16-10)11-8-5-3-4-6-9(8)19-12(11)14/h3-7,14H2,1-2H3. The molecular formula is C13H18N4OS. The van der Waals surface area contributed by atoms with Crippen LogP contribution in [0.25, 0.3) is 11.5 Å². The van der Waals surface area contributed by atoms with Crippen LogP contribution in [0.2, 0.25) is 0 Å². The largest absolute Gasteiger partial charge is 0.390 e. The maximum absolute atomic E-state index is 6.14. The topological polar surface area (TPSA) is 68.2 Å². The van der Waals surface area contributed by atoms with Gasteiger partial charge in [0.05, 0.1) is 17.1 Å². The highest BCUT2D eigenvalue weighted by Crippen LogP contribution is 2.41. The van der Waals surface area contributed by atoms with Gasteiger partial charge in [-0.2, -0.15) is 4.98 Å². The van der Waals surface area contributed by atoms with Gasteiger partial charge < -0.3 is 15.2 Å². The fraction of sp³-hybridized carbons (Fsp3) is 0.538. The summed E-state index contributed by atoms with van der Waals surface area (Å²) in [5.74, 6) is 1.28. The van der Waals surface area contributed by atoms with Crippen LogP contribution in [0.3, 0.4) is 0 Å². The number of rotatable bonds is 3. The SMILES string of the molecule is CN(C)Cc1noc(-c2c(N)sc3c2CCCC3)n1. The molecule has 6 heteroatoms. The molecule has 0 aromatic carbocycles. The number of thiophene rings is 1. The van der Waals surface area contributed by atoms with E-state index in [0.717, 1.165) is 23.4 Å². The number of fused-ring (bicyclic) bond motifs is 1. The number of aromatic nitrogens is 2. The van der Waals surface area contributed by atoms with Gasteiger partial charge in [0.1, 0.15) is 0 Å². The second-order valence-electron chi connectivity index (χ2n) is 5.20. The van der Waals surface area contributed by atoms with Crippen molar-refractivity contribution in [3.05, 3.63) is 16.3 Å². The van der Waals surface area contributed by atoms with Crippen LogP contribution >= 0.6 is 11.3 Å². The molecule has 2 aromatic rings. The molecule has 0 fully saturated rings. The van der Waals surface area contributed by atoms with Crippen LogP contribution in [0.1, 0.15) is 29.1 Å². The summed E-state index contributed by atoms with van der Waals surface area (Å²) in [7, 11) is 3.97. The smallest absolute Gasteiger partial charge is 0.261 e. The summed E-state index contributed by atoms with van der Waals surface area (Å²) >= 11 is 1.67. The molecule has 0 atom stereocenters. The van der Waals surface area contributed by atoms with Gasteiger partial charge in [0.2, 0.25) is 0 Å². The van der Waals surface area contributed by atoms with Crippen molar-refractivity contribution in [3.63, 3.8) is 0 Å². The van der Waals surface area contributed by atoms with Gasteiger partial charge in [-0.05, 0) is 45.3 Å². The normalized spacial score (nSPS) is 14.9. The molecule has 0 saturated heterocycles. The van der Waals surface area contributed by atoms with E-state index in [9.17, 15) is 0 Å². The lowest BCUT2D eigenvalue weighted by atomic mass is 9.95. The van der Waals surface area contributed by atoms with Crippen LogP contribution in [0.5, 0.6) is 0 Å². The third kappa shape index (κ3) is 2.37. The van der Waals surface area contributed by atoms with Crippen LogP contribution in [-0.4, -0.2) is 29.1 Å². The Morgan fingerprint density at radius 3 is 2.89 bits per heavy atom. The van der Waals surface area contributed by atoms with E-state index >= 15 is 0 Å². The first-order valence-corrected chi connectivity index (χ1v) is 7.34. The van der Waals surface area contributed by atoms with Gasteiger partial charge in [-0.15, -0.1) is 11.3 Å². The van der Waals surface area contributed by atoms with E-state index in [2.05, 4.69) is 10.1 Å². The average Bonchev–Trinajstić information content (AvgIpc) is 2.91. The Hall–Kier alpha value is -1.40. The first-order chi connectivity index (χ1) is 9.15. The molecule has 2 heterocycles. The summed E-state index contributed by atoms with van der Waals surface area (Å²) in [4.78, 5) is 7.88. The van der Waals surface area contributed by atoms with Crippen molar-refractivity contribution < 1.29 is 4.52 Å². The maximum Gasteiger partial charge on any atom is 0.261 e. The predicted molar refractivity (Wildman–Crippen MR) is 76.1 cm³/mol. The molecule has 19 heavy (non-hydrogen) atoms. The quantitative estimate of drug-likeness (QED) is 0.933. The summed E-state index contributed by atoms with van der Waals surface area (Å²) in [6.07, 6.45) is 4.67. The zero-order chi connectivity index (χ0) is 13.4. The molecule has 1 aliphatic carbocycles. The minimum absolute atomic E-state index is 0.578. The molecule has 1 aliphatic rings. The summed E-state index contributed by atoms with van der Waals surface area (Å²) in [5, 5.41) is 4.84. The Morgan fingerprint density at radius 2 is 2.11 bits per heavy atom. The molecule has 0 spiro atoms. The lowest BCUT2D eigenvalue weighted by Gasteiger charge is -2.10. The Labute approximate surface area is 116 Å². The van der Waals surface area contributed by atoms with Crippen LogP contribution in [-0.2, 0) is 19.4 Å². The van der Waals surface area contributed by atoms with Crippen molar-refractivity contribution in [3.8, 4) is 11.5 Å². The molecule has 0 bridgehead atoms. The van der Waals surface area contributed by atoms with E-state index in [1.54, 1.807) is 11.3 Å². The molecule has 0 saturated carbocycles. The minimum atomic E-state index is 0.578. The Kier molecular flexibility index (Phi) is 3.28. The van der Waals surface area contributed by atoms with Gasteiger partial charge in [0.25, 0.3) is 5.89 Å². The molecule has 0 amide bonds. The number of anilines is 1. The van der Waals surface area contributed by atoms with E-state index < -0.39 is 0 Å². The van der Waals surface area contributed by atoms with Crippen molar-refractivity contribution in [1.82, 2.24) is 15.0 Å². The van der Waals surface area contributed by atoms with Crippen LogP contribution in [0, 0.1) is 0 Å². The number of hydrogen-bond acceptors (Lipinski definition) is 6. The molecule has 5 nitrogen and oxygen atoms in total. The first kappa shape index (κ1) is 12.6. The zero-order valence-corrected chi connectivity index (χ0v) is 12.1. The van der Waals surface area contributed by atoms with Crippen molar-refractivity contribution in [1.29, 1.82) is 0 Å². The summed E-state index contributed by atoms with van der Waals surface area (Å²) in [6.45, 7) is 0.676. The van der Waals surface area contributed by atoms with Crippen molar-refractivity contribution in [2.75, 3.05) is 19.8 Å². The molecule has 2 N–H and O–H groups in total. The maximum atomic E-state index is 6.14. The number of nitrogens with zero attached hydrogens (tertiary/aromatic N) is 3. The monoisotopic (exact) mass is 278 g/mol. The third-order valence-electron chi connectivity index (χ3n) is 3.34. The van der Waals surface area contributed by atoms with Crippen molar-refractivity contribution in [2.45, 2.75) is 32.2 Å². The first-order valence-electron chi connectivity index (χ1n) is 6.53. The molecule has 2 aromatic heterocycles. The van der Waals surface area contributed by atoms with Gasteiger partial charge >= 0.3 is 0 Å². The Morgan fingerprint density at radius 1 is 1.32 bits per heavy atom. The van der Waals surface area contributed by atoms with E-state index in [-0.39, 0.29) is 0 Å². The summed E-state index contributed by atoms with van der Waals surface area (Å²) in [5.41, 5.74) is 8.46. The van der Waals surface area contributed by atoms with E-state index in [0.29, 0.717) is 18.3 Å². The average molecular weight is 278 g/mol. The second-order valence-corrected chi connectivity index (χ2v) is 6.34. The van der Waals surface area contributed by atoms with Gasteiger partial charge in [0, 0.05) is 4.88 Å². The fourth-order valence-electron chi connectivity index (χ4n) is 2.52. The van der Waals surface area contributed by atoms with E-state index in [1.807, 2.05) is 19.0 Å². The van der Waals surface area contributed by atoms with E-state index in [4.69, 9.17) is 10.3 Å². The van der Waals surface area contributed by atoms with Crippen molar-refractivity contribution >= 4 is 16.3 Å². The number of hydrogen-bond donors (Lipinski definition) is 1. The molecule has 102 valence electrons. The Balaban J connectivity index is 1.97. The number of aryl methyl sites for hydroxylation is 1. The zero-order valence-electron chi connectivity index (χ0n) is 11.3. The minimum Gasteiger partial charge on any atom is -0.390 e. The molecule has 0 unspecified atom stereocenters. The lowest BCUT2D eigenvalue weighted by molar-refractivity contribution is 0.365. The molecule has 0 aliphatic heterocycles. The highest BCUT2D eigenvalue weighted by molar-refractivity contribution is 7.16. The summed E-state index contributed by atoms with van der Waals surface area (Å²) < 4.78 is 5.40.